The average molecular weight is 234 g/mol. The summed E-state index contributed by atoms with van der Waals surface area (Å²) >= 11 is 0. The van der Waals surface area contributed by atoms with Crippen LogP contribution < -0.4 is 4.90 Å². The molecule has 2 unspecified atom stereocenters. The SMILES string of the molecule is CC1OC1CN1CCN(c2ncccn2)CC1. The molecule has 2 aliphatic rings. The van der Waals surface area contributed by atoms with Crippen molar-refractivity contribution in [3.8, 4) is 0 Å². The molecule has 2 saturated heterocycles. The van der Waals surface area contributed by atoms with E-state index >= 15 is 0 Å². The molecule has 2 aliphatic heterocycles. The number of hydrogen-bond donors (Lipinski definition) is 0. The summed E-state index contributed by atoms with van der Waals surface area (Å²) in [5.74, 6) is 0.850. The maximum atomic E-state index is 5.45. The molecule has 0 aromatic carbocycles. The minimum absolute atomic E-state index is 0.463. The zero-order valence-corrected chi connectivity index (χ0v) is 10.1. The van der Waals surface area contributed by atoms with Crippen LogP contribution in [0.15, 0.2) is 18.5 Å². The second-order valence-electron chi connectivity index (χ2n) is 4.72. The Kier molecular flexibility index (Phi) is 2.94. The van der Waals surface area contributed by atoms with E-state index in [2.05, 4.69) is 26.7 Å². The predicted octanol–water partition coefficient (Wildman–Crippen LogP) is 0.386. The Balaban J connectivity index is 1.50. The van der Waals surface area contributed by atoms with E-state index in [1.165, 1.54) is 0 Å². The van der Waals surface area contributed by atoms with Crippen LogP contribution in [0.3, 0.4) is 0 Å². The van der Waals surface area contributed by atoms with E-state index in [0.717, 1.165) is 38.7 Å². The van der Waals surface area contributed by atoms with Gasteiger partial charge in [-0.3, -0.25) is 4.90 Å². The molecular formula is C12H18N4O. The molecule has 1 aromatic rings. The molecule has 0 radical (unpaired) electrons. The van der Waals surface area contributed by atoms with Crippen LogP contribution in [0.25, 0.3) is 0 Å². The first-order valence-corrected chi connectivity index (χ1v) is 6.23. The van der Waals surface area contributed by atoms with Crippen molar-refractivity contribution in [3.05, 3.63) is 18.5 Å². The van der Waals surface area contributed by atoms with Crippen LogP contribution in [-0.4, -0.2) is 59.8 Å². The Morgan fingerprint density at radius 3 is 2.47 bits per heavy atom. The molecule has 0 bridgehead atoms. The summed E-state index contributed by atoms with van der Waals surface area (Å²) < 4.78 is 5.45. The molecular weight excluding hydrogens is 216 g/mol. The van der Waals surface area contributed by atoms with Crippen molar-refractivity contribution in [2.75, 3.05) is 37.6 Å². The van der Waals surface area contributed by atoms with Gasteiger partial charge in [0.2, 0.25) is 5.95 Å². The standard InChI is InChI=1S/C12H18N4O/c1-10-11(17-10)9-15-5-7-16(8-6-15)12-13-3-2-4-14-12/h2-4,10-11H,5-9H2,1H3. The molecule has 5 heteroatoms. The molecule has 2 fully saturated rings. The smallest absolute Gasteiger partial charge is 0.225 e. The highest BCUT2D eigenvalue weighted by molar-refractivity contribution is 5.29. The second-order valence-corrected chi connectivity index (χ2v) is 4.72. The second kappa shape index (κ2) is 4.58. The molecule has 5 nitrogen and oxygen atoms in total. The number of ether oxygens (including phenoxy) is 1. The van der Waals surface area contributed by atoms with E-state index in [9.17, 15) is 0 Å². The Morgan fingerprint density at radius 2 is 1.88 bits per heavy atom. The lowest BCUT2D eigenvalue weighted by molar-refractivity contribution is 0.228. The van der Waals surface area contributed by atoms with Gasteiger partial charge in [-0.1, -0.05) is 0 Å². The third-order valence-corrected chi connectivity index (χ3v) is 3.48. The highest BCUT2D eigenvalue weighted by Crippen LogP contribution is 2.22. The van der Waals surface area contributed by atoms with Gasteiger partial charge in [-0.25, -0.2) is 9.97 Å². The number of nitrogens with zero attached hydrogens (tertiary/aromatic N) is 4. The number of piperazine rings is 1. The fourth-order valence-corrected chi connectivity index (χ4v) is 2.26. The number of rotatable bonds is 3. The normalized spacial score (nSPS) is 29.4. The first-order chi connectivity index (χ1) is 8.33. The van der Waals surface area contributed by atoms with E-state index in [0.29, 0.717) is 12.2 Å². The maximum Gasteiger partial charge on any atom is 0.225 e. The van der Waals surface area contributed by atoms with Crippen molar-refractivity contribution >= 4 is 5.95 Å². The fraction of sp³-hybridized carbons (Fsp3) is 0.667. The summed E-state index contributed by atoms with van der Waals surface area (Å²) in [6, 6.07) is 1.85. The Morgan fingerprint density at radius 1 is 1.24 bits per heavy atom. The molecule has 0 N–H and O–H groups in total. The van der Waals surface area contributed by atoms with Crippen molar-refractivity contribution < 1.29 is 4.74 Å². The van der Waals surface area contributed by atoms with Crippen LogP contribution in [-0.2, 0) is 4.74 Å². The van der Waals surface area contributed by atoms with E-state index in [4.69, 9.17) is 4.74 Å². The van der Waals surface area contributed by atoms with Crippen molar-refractivity contribution in [2.45, 2.75) is 19.1 Å². The molecule has 3 rings (SSSR count). The number of hydrogen-bond acceptors (Lipinski definition) is 5. The molecule has 17 heavy (non-hydrogen) atoms. The highest BCUT2D eigenvalue weighted by Gasteiger charge is 2.36. The summed E-state index contributed by atoms with van der Waals surface area (Å²) in [6.45, 7) is 7.37. The van der Waals surface area contributed by atoms with E-state index in [-0.39, 0.29) is 0 Å². The van der Waals surface area contributed by atoms with Crippen molar-refractivity contribution in [1.82, 2.24) is 14.9 Å². The van der Waals surface area contributed by atoms with E-state index in [1.54, 1.807) is 12.4 Å². The molecule has 3 heterocycles. The van der Waals surface area contributed by atoms with Gasteiger partial charge in [0, 0.05) is 45.1 Å². The molecule has 92 valence electrons. The van der Waals surface area contributed by atoms with Crippen molar-refractivity contribution in [1.29, 1.82) is 0 Å². The number of anilines is 1. The van der Waals surface area contributed by atoms with Crippen LogP contribution in [0.2, 0.25) is 0 Å². The van der Waals surface area contributed by atoms with Crippen LogP contribution >= 0.6 is 0 Å². The average Bonchev–Trinajstić information content (AvgIpc) is 3.07. The van der Waals surface area contributed by atoms with Gasteiger partial charge in [0.25, 0.3) is 0 Å². The lowest BCUT2D eigenvalue weighted by Crippen LogP contribution is -2.48. The molecule has 1 aromatic heterocycles. The van der Waals surface area contributed by atoms with Gasteiger partial charge in [0.15, 0.2) is 0 Å². The van der Waals surface area contributed by atoms with Crippen LogP contribution in [0, 0.1) is 0 Å². The maximum absolute atomic E-state index is 5.45. The minimum atomic E-state index is 0.463. The van der Waals surface area contributed by atoms with Crippen LogP contribution in [0.5, 0.6) is 0 Å². The summed E-state index contributed by atoms with van der Waals surface area (Å²) in [6.07, 6.45) is 4.53. The Bertz CT molecular complexity index is 364. The fourth-order valence-electron chi connectivity index (χ4n) is 2.26. The molecule has 0 saturated carbocycles. The van der Waals surface area contributed by atoms with Gasteiger partial charge in [0.05, 0.1) is 12.2 Å². The lowest BCUT2D eigenvalue weighted by atomic mass is 10.2. The molecule has 0 spiro atoms. The lowest BCUT2D eigenvalue weighted by Gasteiger charge is -2.34. The number of aromatic nitrogens is 2. The van der Waals surface area contributed by atoms with Crippen molar-refractivity contribution in [2.24, 2.45) is 0 Å². The van der Waals surface area contributed by atoms with Gasteiger partial charge in [-0.15, -0.1) is 0 Å². The van der Waals surface area contributed by atoms with Crippen LogP contribution in [0.1, 0.15) is 6.92 Å². The van der Waals surface area contributed by atoms with Gasteiger partial charge >= 0.3 is 0 Å². The minimum Gasteiger partial charge on any atom is -0.368 e. The Labute approximate surface area is 101 Å². The topological polar surface area (TPSA) is 44.8 Å². The van der Waals surface area contributed by atoms with Gasteiger partial charge in [0.1, 0.15) is 0 Å². The predicted molar refractivity (Wildman–Crippen MR) is 65.0 cm³/mol. The zero-order valence-electron chi connectivity index (χ0n) is 10.1. The molecule has 0 aliphatic carbocycles. The summed E-state index contributed by atoms with van der Waals surface area (Å²) in [7, 11) is 0. The summed E-state index contributed by atoms with van der Waals surface area (Å²) in [5.41, 5.74) is 0. The third-order valence-electron chi connectivity index (χ3n) is 3.48. The van der Waals surface area contributed by atoms with Gasteiger partial charge < -0.3 is 9.64 Å². The first-order valence-electron chi connectivity index (χ1n) is 6.23. The quantitative estimate of drug-likeness (QED) is 0.708. The summed E-state index contributed by atoms with van der Waals surface area (Å²) in [4.78, 5) is 13.3. The highest BCUT2D eigenvalue weighted by atomic mass is 16.6. The molecule has 2 atom stereocenters. The monoisotopic (exact) mass is 234 g/mol. The van der Waals surface area contributed by atoms with Crippen molar-refractivity contribution in [3.63, 3.8) is 0 Å². The Hall–Kier alpha value is -1.20. The van der Waals surface area contributed by atoms with E-state index < -0.39 is 0 Å². The third kappa shape index (κ3) is 2.56. The number of epoxide rings is 1. The first kappa shape index (κ1) is 10.9. The molecule has 0 amide bonds. The van der Waals surface area contributed by atoms with Gasteiger partial charge in [-0.2, -0.15) is 0 Å². The largest absolute Gasteiger partial charge is 0.368 e. The zero-order chi connectivity index (χ0) is 11.7. The van der Waals surface area contributed by atoms with E-state index in [1.807, 2.05) is 6.07 Å². The summed E-state index contributed by atoms with van der Waals surface area (Å²) in [5, 5.41) is 0. The van der Waals surface area contributed by atoms with Gasteiger partial charge in [-0.05, 0) is 13.0 Å². The van der Waals surface area contributed by atoms with Crippen LogP contribution in [0.4, 0.5) is 5.95 Å².